The van der Waals surface area contributed by atoms with Gasteiger partial charge in [0.2, 0.25) is 0 Å². The van der Waals surface area contributed by atoms with E-state index in [1.165, 1.54) is 18.2 Å². The van der Waals surface area contributed by atoms with Crippen molar-refractivity contribution in [2.24, 2.45) is 5.10 Å². The quantitative estimate of drug-likeness (QED) is 0.483. The Morgan fingerprint density at radius 3 is 2.49 bits per heavy atom. The second-order valence-corrected chi connectivity index (χ2v) is 10.4. The molecular weight excluding hydrogens is 516 g/mol. The third-order valence-electron chi connectivity index (χ3n) is 5.86. The van der Waals surface area contributed by atoms with E-state index in [9.17, 15) is 30.8 Å². The summed E-state index contributed by atoms with van der Waals surface area (Å²) in [6.07, 6.45) is 2.88. The van der Waals surface area contributed by atoms with Crippen LogP contribution in [-0.2, 0) is 23.0 Å². The second kappa shape index (κ2) is 9.65. The average molecular weight is 541 g/mol. The highest BCUT2D eigenvalue weighted by Crippen LogP contribution is 2.28. The standard InChI is InChI=1S/C23H24F4N6O3S/c1-4-18-20(32-12-14(2)9-15(3)21(32)30-18)22(34)28-11-16-5-6-19(17(24)10-16)33-8-7-31(13-29-33)37(35,36)23(25,26)27/h5-6,9-10,12-13H,4,7-8,11H2,1-3H3,(H,28,34). The molecule has 0 spiro atoms. The van der Waals surface area contributed by atoms with Gasteiger partial charge in [0.1, 0.15) is 23.5 Å². The molecule has 0 aliphatic carbocycles. The molecule has 1 N–H and O–H groups in total. The highest BCUT2D eigenvalue weighted by atomic mass is 32.2. The van der Waals surface area contributed by atoms with Crippen molar-refractivity contribution >= 4 is 33.6 Å². The molecule has 14 heteroatoms. The average Bonchev–Trinajstić information content (AvgIpc) is 3.21. The molecule has 3 aromatic rings. The Hall–Kier alpha value is -3.68. The first-order valence-electron chi connectivity index (χ1n) is 11.3. The molecule has 1 aliphatic heterocycles. The summed E-state index contributed by atoms with van der Waals surface area (Å²) in [7, 11) is -5.56. The monoisotopic (exact) mass is 540 g/mol. The van der Waals surface area contributed by atoms with Crippen molar-refractivity contribution in [2.45, 2.75) is 39.2 Å². The van der Waals surface area contributed by atoms with Gasteiger partial charge in [-0.15, -0.1) is 0 Å². The molecule has 198 valence electrons. The van der Waals surface area contributed by atoms with E-state index in [-0.39, 0.29) is 29.0 Å². The molecule has 0 fully saturated rings. The van der Waals surface area contributed by atoms with Crippen molar-refractivity contribution in [3.63, 3.8) is 0 Å². The first kappa shape index (κ1) is 26.4. The number of hydrogen-bond acceptors (Lipinski definition) is 6. The predicted molar refractivity (Wildman–Crippen MR) is 129 cm³/mol. The molecule has 0 radical (unpaired) electrons. The van der Waals surface area contributed by atoms with E-state index < -0.39 is 27.9 Å². The van der Waals surface area contributed by atoms with Gasteiger partial charge in [0.05, 0.1) is 24.5 Å². The Bertz CT molecular complexity index is 1500. The van der Waals surface area contributed by atoms with Gasteiger partial charge in [0.15, 0.2) is 0 Å². The fraction of sp³-hybridized carbons (Fsp3) is 0.348. The highest BCUT2D eigenvalue weighted by molar-refractivity contribution is 7.90. The normalized spacial score (nSPS) is 14.5. The molecule has 9 nitrogen and oxygen atoms in total. The molecular formula is C23H24F4N6O3S. The van der Waals surface area contributed by atoms with Gasteiger partial charge in [-0.3, -0.25) is 14.2 Å². The topological polar surface area (TPSA) is 99.4 Å². The summed E-state index contributed by atoms with van der Waals surface area (Å²) in [4.78, 5) is 17.6. The maximum atomic E-state index is 14.8. The summed E-state index contributed by atoms with van der Waals surface area (Å²) in [6, 6.07) is 6.05. The molecule has 0 bridgehead atoms. The van der Waals surface area contributed by atoms with Crippen LogP contribution < -0.4 is 10.3 Å². The minimum atomic E-state index is -5.56. The Labute approximate surface area is 210 Å². The van der Waals surface area contributed by atoms with E-state index in [0.717, 1.165) is 16.1 Å². The number of aromatic nitrogens is 2. The number of nitrogens with zero attached hydrogens (tertiary/aromatic N) is 5. The first-order chi connectivity index (χ1) is 17.3. The number of benzene rings is 1. The number of halogens is 4. The summed E-state index contributed by atoms with van der Waals surface area (Å²) >= 11 is 0. The molecule has 0 saturated heterocycles. The van der Waals surface area contributed by atoms with Crippen LogP contribution in [0.15, 0.2) is 35.6 Å². The zero-order valence-corrected chi connectivity index (χ0v) is 21.0. The van der Waals surface area contributed by atoms with Gasteiger partial charge in [-0.25, -0.2) is 13.7 Å². The van der Waals surface area contributed by atoms with E-state index in [4.69, 9.17) is 0 Å². The van der Waals surface area contributed by atoms with Crippen LogP contribution in [0.4, 0.5) is 23.2 Å². The van der Waals surface area contributed by atoms with Crippen LogP contribution in [0.2, 0.25) is 0 Å². The van der Waals surface area contributed by atoms with E-state index in [1.807, 2.05) is 33.0 Å². The van der Waals surface area contributed by atoms with Gasteiger partial charge in [-0.2, -0.15) is 26.7 Å². The Balaban J connectivity index is 1.48. The van der Waals surface area contributed by atoms with Crippen LogP contribution in [0.25, 0.3) is 5.65 Å². The largest absolute Gasteiger partial charge is 0.516 e. The predicted octanol–water partition coefficient (Wildman–Crippen LogP) is 3.50. The lowest BCUT2D eigenvalue weighted by Crippen LogP contribution is -2.46. The molecule has 2 aromatic heterocycles. The van der Waals surface area contributed by atoms with Crippen molar-refractivity contribution in [1.29, 1.82) is 0 Å². The highest BCUT2D eigenvalue weighted by Gasteiger charge is 2.50. The summed E-state index contributed by atoms with van der Waals surface area (Å²) in [5.74, 6) is -1.10. The van der Waals surface area contributed by atoms with Crippen molar-refractivity contribution in [1.82, 2.24) is 19.0 Å². The van der Waals surface area contributed by atoms with Crippen molar-refractivity contribution in [2.75, 3.05) is 18.1 Å². The summed E-state index contributed by atoms with van der Waals surface area (Å²) in [5.41, 5.74) is -1.43. The van der Waals surface area contributed by atoms with Crippen LogP contribution >= 0.6 is 0 Å². The van der Waals surface area contributed by atoms with E-state index in [0.29, 0.717) is 35.4 Å². The molecule has 1 aliphatic rings. The number of alkyl halides is 3. The zero-order valence-electron chi connectivity index (χ0n) is 20.2. The number of anilines is 1. The number of carbonyl (C=O) groups excluding carboxylic acids is 1. The smallest absolute Gasteiger partial charge is 0.347 e. The maximum Gasteiger partial charge on any atom is 0.516 e. The Kier molecular flexibility index (Phi) is 6.88. The number of nitrogens with one attached hydrogen (secondary N) is 1. The number of amides is 1. The number of hydrazone groups is 1. The Morgan fingerprint density at radius 1 is 1.16 bits per heavy atom. The lowest BCUT2D eigenvalue weighted by molar-refractivity contribution is -0.0471. The molecule has 0 unspecified atom stereocenters. The van der Waals surface area contributed by atoms with Crippen LogP contribution in [-0.4, -0.2) is 53.0 Å². The number of carbonyl (C=O) groups is 1. The third-order valence-corrected chi connectivity index (χ3v) is 7.34. The van der Waals surface area contributed by atoms with Crippen molar-refractivity contribution in [3.05, 3.63) is 64.4 Å². The number of pyridine rings is 1. The van der Waals surface area contributed by atoms with Gasteiger partial charge < -0.3 is 5.32 Å². The minimum absolute atomic E-state index is 0.0120. The zero-order chi connectivity index (χ0) is 27.1. The molecule has 1 amide bonds. The number of rotatable bonds is 6. The van der Waals surface area contributed by atoms with Gasteiger partial charge in [0.25, 0.3) is 5.91 Å². The number of imidazole rings is 1. The maximum absolute atomic E-state index is 14.8. The third kappa shape index (κ3) is 4.97. The summed E-state index contributed by atoms with van der Waals surface area (Å²) in [6.45, 7) is 4.91. The van der Waals surface area contributed by atoms with Crippen molar-refractivity contribution in [3.8, 4) is 0 Å². The molecule has 37 heavy (non-hydrogen) atoms. The van der Waals surface area contributed by atoms with Gasteiger partial charge in [0, 0.05) is 12.7 Å². The molecule has 1 aromatic carbocycles. The fourth-order valence-corrected chi connectivity index (χ4v) is 4.83. The number of sulfonamides is 1. The number of aryl methyl sites for hydroxylation is 3. The van der Waals surface area contributed by atoms with Gasteiger partial charge >= 0.3 is 15.5 Å². The molecule has 4 rings (SSSR count). The van der Waals surface area contributed by atoms with E-state index >= 15 is 0 Å². The number of fused-ring (bicyclic) bond motifs is 1. The lowest BCUT2D eigenvalue weighted by atomic mass is 10.1. The van der Waals surface area contributed by atoms with Crippen molar-refractivity contribution < 1.29 is 30.8 Å². The number of hydrogen-bond donors (Lipinski definition) is 1. The summed E-state index contributed by atoms with van der Waals surface area (Å²) < 4.78 is 77.8. The second-order valence-electron chi connectivity index (χ2n) is 8.54. The minimum Gasteiger partial charge on any atom is -0.347 e. The molecule has 0 atom stereocenters. The van der Waals surface area contributed by atoms with Crippen LogP contribution in [0, 0.1) is 19.7 Å². The molecule has 3 heterocycles. The fourth-order valence-electron chi connectivity index (χ4n) is 4.08. The lowest BCUT2D eigenvalue weighted by Gasteiger charge is -2.29. The van der Waals surface area contributed by atoms with Crippen LogP contribution in [0.3, 0.4) is 0 Å². The molecule has 0 saturated carbocycles. The van der Waals surface area contributed by atoms with Gasteiger partial charge in [-0.05, 0) is 49.1 Å². The van der Waals surface area contributed by atoms with E-state index in [1.54, 1.807) is 4.40 Å². The van der Waals surface area contributed by atoms with Gasteiger partial charge in [-0.1, -0.05) is 19.1 Å². The van der Waals surface area contributed by atoms with E-state index in [2.05, 4.69) is 15.4 Å². The Morgan fingerprint density at radius 2 is 1.89 bits per heavy atom. The SMILES string of the molecule is CCc1nc2c(C)cc(C)cn2c1C(=O)NCc1ccc(N2CCN(S(=O)(=O)C(F)(F)F)C=N2)c(F)c1. The van der Waals surface area contributed by atoms with Crippen LogP contribution in [0.5, 0.6) is 0 Å². The van der Waals surface area contributed by atoms with Crippen LogP contribution in [0.1, 0.15) is 39.8 Å². The first-order valence-corrected chi connectivity index (χ1v) is 12.7. The summed E-state index contributed by atoms with van der Waals surface area (Å²) in [5, 5.41) is 7.50.